The minimum atomic E-state index is -4.80. The Kier molecular flexibility index (Phi) is 3.88. The van der Waals surface area contributed by atoms with E-state index >= 15 is 0 Å². The summed E-state index contributed by atoms with van der Waals surface area (Å²) in [6.07, 6.45) is -8.11. The van der Waals surface area contributed by atoms with Gasteiger partial charge in [0.2, 0.25) is 0 Å². The van der Waals surface area contributed by atoms with Crippen LogP contribution in [0.5, 0.6) is 0 Å². The molecular weight excluding hydrogens is 296 g/mol. The van der Waals surface area contributed by atoms with Gasteiger partial charge in [0.05, 0.1) is 11.1 Å². The standard InChI is InChI=1S/C14H15F6N/c1-8-3-4-9(2)21(8)12-6-10(13(15,16)17)5-11(7-12)14(18,19)20/h5-9H,3-4H2,1-2H3/t8-,9-/m0/s1. The summed E-state index contributed by atoms with van der Waals surface area (Å²) in [5, 5.41) is 0. The second-order valence-corrected chi connectivity index (χ2v) is 5.45. The molecule has 1 fully saturated rings. The Morgan fingerprint density at radius 1 is 0.810 bits per heavy atom. The van der Waals surface area contributed by atoms with Crippen molar-refractivity contribution in [1.29, 1.82) is 0 Å². The maximum absolute atomic E-state index is 12.8. The van der Waals surface area contributed by atoms with Gasteiger partial charge in [-0.3, -0.25) is 0 Å². The molecule has 1 heterocycles. The Morgan fingerprint density at radius 2 is 1.19 bits per heavy atom. The lowest BCUT2D eigenvalue weighted by atomic mass is 10.1. The first-order valence-electron chi connectivity index (χ1n) is 6.58. The maximum atomic E-state index is 12.8. The van der Waals surface area contributed by atoms with Crippen molar-refractivity contribution in [2.75, 3.05) is 4.90 Å². The number of hydrogen-bond acceptors (Lipinski definition) is 1. The molecule has 1 aromatic carbocycles. The van der Waals surface area contributed by atoms with Gasteiger partial charge >= 0.3 is 12.4 Å². The van der Waals surface area contributed by atoms with Crippen LogP contribution in [0.4, 0.5) is 32.0 Å². The predicted octanol–water partition coefficient (Wildman–Crippen LogP) is 5.10. The van der Waals surface area contributed by atoms with E-state index in [2.05, 4.69) is 0 Å². The lowest BCUT2D eigenvalue weighted by molar-refractivity contribution is -0.143. The van der Waals surface area contributed by atoms with E-state index in [-0.39, 0.29) is 23.8 Å². The number of alkyl halides is 6. The quantitative estimate of drug-likeness (QED) is 0.652. The van der Waals surface area contributed by atoms with Gasteiger partial charge in [-0.25, -0.2) is 0 Å². The van der Waals surface area contributed by atoms with Gasteiger partial charge in [0.1, 0.15) is 0 Å². The van der Waals surface area contributed by atoms with Crippen molar-refractivity contribution in [3.63, 3.8) is 0 Å². The van der Waals surface area contributed by atoms with Crippen LogP contribution in [0.1, 0.15) is 37.8 Å². The largest absolute Gasteiger partial charge is 0.416 e. The third kappa shape index (κ3) is 3.27. The molecule has 1 aliphatic rings. The molecule has 21 heavy (non-hydrogen) atoms. The van der Waals surface area contributed by atoms with Gasteiger partial charge in [-0.2, -0.15) is 26.3 Å². The maximum Gasteiger partial charge on any atom is 0.416 e. The molecule has 0 saturated carbocycles. The Morgan fingerprint density at radius 3 is 1.52 bits per heavy atom. The lowest BCUT2D eigenvalue weighted by Crippen LogP contribution is -2.33. The van der Waals surface area contributed by atoms with E-state index in [1.54, 1.807) is 18.7 Å². The van der Waals surface area contributed by atoms with E-state index in [1.807, 2.05) is 0 Å². The van der Waals surface area contributed by atoms with Gasteiger partial charge < -0.3 is 4.90 Å². The fourth-order valence-corrected chi connectivity index (χ4v) is 2.79. The van der Waals surface area contributed by atoms with Gasteiger partial charge in [-0.15, -0.1) is 0 Å². The lowest BCUT2D eigenvalue weighted by Gasteiger charge is -2.30. The normalized spacial score (nSPS) is 23.7. The van der Waals surface area contributed by atoms with E-state index in [1.165, 1.54) is 0 Å². The van der Waals surface area contributed by atoms with Gasteiger partial charge in [0.15, 0.2) is 0 Å². The summed E-state index contributed by atoms with van der Waals surface area (Å²) in [5.41, 5.74) is -2.55. The number of benzene rings is 1. The summed E-state index contributed by atoms with van der Waals surface area (Å²) < 4.78 is 77.0. The number of halogens is 6. The highest BCUT2D eigenvalue weighted by Gasteiger charge is 2.38. The minimum absolute atomic E-state index is 0.0188. The highest BCUT2D eigenvalue weighted by molar-refractivity contribution is 5.55. The van der Waals surface area contributed by atoms with Crippen LogP contribution in [-0.4, -0.2) is 12.1 Å². The molecule has 118 valence electrons. The topological polar surface area (TPSA) is 3.24 Å². The molecule has 1 nitrogen and oxygen atoms in total. The number of hydrogen-bond donors (Lipinski definition) is 0. The smallest absolute Gasteiger partial charge is 0.366 e. The van der Waals surface area contributed by atoms with Crippen LogP contribution in [0.2, 0.25) is 0 Å². The van der Waals surface area contributed by atoms with Crippen molar-refractivity contribution < 1.29 is 26.3 Å². The van der Waals surface area contributed by atoms with Gasteiger partial charge in [-0.05, 0) is 44.9 Å². The van der Waals surface area contributed by atoms with Gasteiger partial charge in [0, 0.05) is 17.8 Å². The summed E-state index contributed by atoms with van der Waals surface area (Å²) in [6.45, 7) is 3.61. The highest BCUT2D eigenvalue weighted by Crippen LogP contribution is 2.40. The predicted molar refractivity (Wildman–Crippen MR) is 67.1 cm³/mol. The number of rotatable bonds is 1. The molecule has 1 aliphatic heterocycles. The third-order valence-corrected chi connectivity index (χ3v) is 3.82. The molecule has 0 aromatic heterocycles. The summed E-state index contributed by atoms with van der Waals surface area (Å²) >= 11 is 0. The molecule has 1 saturated heterocycles. The van der Waals surface area contributed by atoms with Crippen molar-refractivity contribution in [1.82, 2.24) is 0 Å². The molecule has 2 rings (SSSR count). The van der Waals surface area contributed by atoms with E-state index < -0.39 is 23.5 Å². The van der Waals surface area contributed by atoms with E-state index in [9.17, 15) is 26.3 Å². The monoisotopic (exact) mass is 311 g/mol. The average molecular weight is 311 g/mol. The van der Waals surface area contributed by atoms with Crippen LogP contribution >= 0.6 is 0 Å². The molecule has 7 heteroatoms. The average Bonchev–Trinajstić information content (AvgIpc) is 2.66. The Bertz CT molecular complexity index is 477. The van der Waals surface area contributed by atoms with Crippen molar-refractivity contribution >= 4 is 5.69 Å². The molecule has 1 aromatic rings. The van der Waals surface area contributed by atoms with Crippen LogP contribution in [0.15, 0.2) is 18.2 Å². The second-order valence-electron chi connectivity index (χ2n) is 5.45. The Labute approximate surface area is 118 Å². The van der Waals surface area contributed by atoms with Crippen LogP contribution in [0.3, 0.4) is 0 Å². The first kappa shape index (κ1) is 16.0. The van der Waals surface area contributed by atoms with E-state index in [0.717, 1.165) is 25.0 Å². The molecule has 0 spiro atoms. The Balaban J connectivity index is 2.55. The van der Waals surface area contributed by atoms with Crippen molar-refractivity contribution in [2.45, 2.75) is 51.1 Å². The summed E-state index contributed by atoms with van der Waals surface area (Å²) in [4.78, 5) is 1.63. The molecule has 0 radical (unpaired) electrons. The zero-order valence-corrected chi connectivity index (χ0v) is 11.5. The van der Waals surface area contributed by atoms with E-state index in [4.69, 9.17) is 0 Å². The first-order chi connectivity index (χ1) is 9.50. The molecule has 0 bridgehead atoms. The van der Waals surface area contributed by atoms with Crippen LogP contribution in [0, 0.1) is 0 Å². The minimum Gasteiger partial charge on any atom is -0.366 e. The fourth-order valence-electron chi connectivity index (χ4n) is 2.79. The highest BCUT2D eigenvalue weighted by atomic mass is 19.4. The first-order valence-corrected chi connectivity index (χ1v) is 6.58. The van der Waals surface area contributed by atoms with Crippen molar-refractivity contribution in [3.05, 3.63) is 29.3 Å². The molecule has 0 amide bonds. The number of nitrogens with zero attached hydrogens (tertiary/aromatic N) is 1. The fraction of sp³-hybridized carbons (Fsp3) is 0.571. The van der Waals surface area contributed by atoms with Gasteiger partial charge in [0.25, 0.3) is 0 Å². The second kappa shape index (κ2) is 5.10. The van der Waals surface area contributed by atoms with Crippen LogP contribution < -0.4 is 4.90 Å². The third-order valence-electron chi connectivity index (χ3n) is 3.82. The summed E-state index contributed by atoms with van der Waals surface area (Å²) in [7, 11) is 0. The zero-order chi connectivity index (χ0) is 16.0. The van der Waals surface area contributed by atoms with Crippen LogP contribution in [-0.2, 0) is 12.4 Å². The molecule has 2 atom stereocenters. The Hall–Kier alpha value is -1.40. The zero-order valence-electron chi connectivity index (χ0n) is 11.5. The molecular formula is C14H15F6N. The van der Waals surface area contributed by atoms with Gasteiger partial charge in [-0.1, -0.05) is 0 Å². The van der Waals surface area contributed by atoms with Crippen molar-refractivity contribution in [3.8, 4) is 0 Å². The summed E-state index contributed by atoms with van der Waals surface area (Å²) in [5.74, 6) is 0. The van der Waals surface area contributed by atoms with Crippen LogP contribution in [0.25, 0.3) is 0 Å². The number of anilines is 1. The van der Waals surface area contributed by atoms with E-state index in [0.29, 0.717) is 0 Å². The summed E-state index contributed by atoms with van der Waals surface area (Å²) in [6, 6.07) is 1.60. The molecule has 0 unspecified atom stereocenters. The SMILES string of the molecule is C[C@H]1CC[C@H](C)N1c1cc(C(F)(F)F)cc(C(F)(F)F)c1. The van der Waals surface area contributed by atoms with Crippen molar-refractivity contribution in [2.24, 2.45) is 0 Å². The molecule has 0 N–H and O–H groups in total. The molecule has 0 aliphatic carbocycles.